The van der Waals surface area contributed by atoms with Gasteiger partial charge >= 0.3 is 12.1 Å². The predicted octanol–water partition coefficient (Wildman–Crippen LogP) is 1.84. The van der Waals surface area contributed by atoms with E-state index in [0.717, 1.165) is 0 Å². The molecule has 0 bridgehead atoms. The maximum atomic E-state index is 12.0. The van der Waals surface area contributed by atoms with Gasteiger partial charge < -0.3 is 10.8 Å². The smallest absolute Gasteiger partial charge is 0.475 e. The molecule has 0 spiro atoms. The third kappa shape index (κ3) is 8.98. The van der Waals surface area contributed by atoms with E-state index in [1.807, 2.05) is 0 Å². The van der Waals surface area contributed by atoms with Crippen LogP contribution in [-0.4, -0.2) is 23.8 Å². The van der Waals surface area contributed by atoms with Crippen molar-refractivity contribution in [1.82, 2.24) is 0 Å². The highest BCUT2D eigenvalue weighted by Gasteiger charge is 2.38. The Kier molecular flexibility index (Phi) is 6.98. The first kappa shape index (κ1) is 15.4. The summed E-state index contributed by atoms with van der Waals surface area (Å²) in [5.41, 5.74) is 5.61. The zero-order valence-electron chi connectivity index (χ0n) is 7.65. The summed E-state index contributed by atoms with van der Waals surface area (Å²) >= 11 is 0. The Morgan fingerprint density at radius 3 is 1.64 bits per heavy atom. The Hall–Kier alpha value is -1.11. The topological polar surface area (TPSA) is 63.3 Å². The average Bonchev–Trinajstić information content (AvgIpc) is 2.02. The maximum absolute atomic E-state index is 12.0. The Balaban J connectivity index is 0. The molecular formula is C7H11F4NO2. The number of carboxylic acid groups (broad SMARTS) is 1. The Morgan fingerprint density at radius 2 is 1.64 bits per heavy atom. The summed E-state index contributed by atoms with van der Waals surface area (Å²) in [4.78, 5) is 8.90. The molecule has 0 saturated heterocycles. The second-order valence-corrected chi connectivity index (χ2v) is 2.41. The van der Waals surface area contributed by atoms with Crippen LogP contribution in [0.15, 0.2) is 11.4 Å². The lowest BCUT2D eigenvalue weighted by atomic mass is 10.3. The van der Waals surface area contributed by atoms with E-state index in [4.69, 9.17) is 15.6 Å². The lowest BCUT2D eigenvalue weighted by Crippen LogP contribution is -2.21. The van der Waals surface area contributed by atoms with Crippen LogP contribution < -0.4 is 5.73 Å². The van der Waals surface area contributed by atoms with Crippen molar-refractivity contribution in [3.05, 3.63) is 11.4 Å². The first-order valence-corrected chi connectivity index (χ1v) is 3.45. The van der Waals surface area contributed by atoms with Gasteiger partial charge in [0.2, 0.25) is 0 Å². The van der Waals surface area contributed by atoms with E-state index in [1.165, 1.54) is 0 Å². The van der Waals surface area contributed by atoms with E-state index < -0.39 is 12.1 Å². The molecule has 0 aromatic carbocycles. The van der Waals surface area contributed by atoms with E-state index in [0.29, 0.717) is 5.57 Å². The van der Waals surface area contributed by atoms with Crippen LogP contribution in [0.2, 0.25) is 0 Å². The van der Waals surface area contributed by atoms with Crippen LogP contribution in [0, 0.1) is 0 Å². The number of aliphatic carboxylic acids is 1. The SMILES string of the molecule is CC(C)=C(F)CN.O=C(O)C(F)(F)F. The number of hydrogen-bond donors (Lipinski definition) is 2. The largest absolute Gasteiger partial charge is 0.490 e. The van der Waals surface area contributed by atoms with E-state index >= 15 is 0 Å². The number of carbonyl (C=O) groups is 1. The van der Waals surface area contributed by atoms with Crippen molar-refractivity contribution >= 4 is 5.97 Å². The van der Waals surface area contributed by atoms with Crippen LogP contribution >= 0.6 is 0 Å². The van der Waals surface area contributed by atoms with Gasteiger partial charge in [-0.2, -0.15) is 13.2 Å². The van der Waals surface area contributed by atoms with Gasteiger partial charge in [-0.3, -0.25) is 0 Å². The molecule has 0 aromatic rings. The van der Waals surface area contributed by atoms with Crippen molar-refractivity contribution in [1.29, 1.82) is 0 Å². The van der Waals surface area contributed by atoms with Crippen molar-refractivity contribution in [2.75, 3.05) is 6.54 Å². The van der Waals surface area contributed by atoms with E-state index in [-0.39, 0.29) is 12.4 Å². The van der Waals surface area contributed by atoms with E-state index in [2.05, 4.69) is 0 Å². The highest BCUT2D eigenvalue weighted by molar-refractivity contribution is 5.73. The fourth-order valence-corrected chi connectivity index (χ4v) is 0.204. The van der Waals surface area contributed by atoms with E-state index in [9.17, 15) is 17.6 Å². The van der Waals surface area contributed by atoms with Crippen LogP contribution in [0.4, 0.5) is 17.6 Å². The van der Waals surface area contributed by atoms with Crippen molar-refractivity contribution < 1.29 is 27.5 Å². The molecule has 0 saturated carbocycles. The van der Waals surface area contributed by atoms with Crippen molar-refractivity contribution in [3.63, 3.8) is 0 Å². The number of halogens is 4. The minimum absolute atomic E-state index is 0.0301. The zero-order valence-corrected chi connectivity index (χ0v) is 7.65. The molecule has 0 heterocycles. The molecule has 0 aliphatic rings. The van der Waals surface area contributed by atoms with Gasteiger partial charge in [0.05, 0.1) is 0 Å². The third-order valence-electron chi connectivity index (χ3n) is 0.964. The fourth-order valence-electron chi connectivity index (χ4n) is 0.204. The van der Waals surface area contributed by atoms with Crippen molar-refractivity contribution in [2.45, 2.75) is 20.0 Å². The molecule has 0 aliphatic heterocycles. The first-order chi connectivity index (χ1) is 6.12. The molecule has 0 fully saturated rings. The Bertz CT molecular complexity index is 218. The molecule has 3 N–H and O–H groups in total. The summed E-state index contributed by atoms with van der Waals surface area (Å²) < 4.78 is 43.7. The van der Waals surface area contributed by atoms with Gasteiger partial charge in [0.15, 0.2) is 0 Å². The lowest BCUT2D eigenvalue weighted by molar-refractivity contribution is -0.192. The minimum atomic E-state index is -5.08. The quantitative estimate of drug-likeness (QED) is 0.658. The van der Waals surface area contributed by atoms with Crippen LogP contribution in [0.25, 0.3) is 0 Å². The molecule has 7 heteroatoms. The molecule has 0 rings (SSSR count). The summed E-state index contributed by atoms with van der Waals surface area (Å²) in [5, 5.41) is 7.12. The average molecular weight is 217 g/mol. The molecule has 0 unspecified atom stereocenters. The number of rotatable bonds is 1. The van der Waals surface area contributed by atoms with Gasteiger partial charge in [-0.1, -0.05) is 0 Å². The van der Waals surface area contributed by atoms with Gasteiger partial charge in [-0.25, -0.2) is 9.18 Å². The molecule has 0 radical (unpaired) electrons. The highest BCUT2D eigenvalue weighted by Crippen LogP contribution is 2.13. The molecular weight excluding hydrogens is 206 g/mol. The number of carboxylic acids is 1. The summed E-state index contributed by atoms with van der Waals surface area (Å²) in [6.07, 6.45) is -5.08. The maximum Gasteiger partial charge on any atom is 0.490 e. The number of hydrogen-bond acceptors (Lipinski definition) is 2. The Labute approximate surface area is 78.2 Å². The van der Waals surface area contributed by atoms with Crippen LogP contribution in [0.1, 0.15) is 13.8 Å². The molecule has 84 valence electrons. The molecule has 0 aromatic heterocycles. The standard InChI is InChI=1S/C5H10FN.C2HF3O2/c1-4(2)5(6)3-7;3-2(4,5)1(6)7/h3,7H2,1-2H3;(H,6,7). The summed E-state index contributed by atoms with van der Waals surface area (Å²) in [5.74, 6) is -2.97. The van der Waals surface area contributed by atoms with Crippen molar-refractivity contribution in [2.24, 2.45) is 5.73 Å². The number of alkyl halides is 3. The monoisotopic (exact) mass is 217 g/mol. The van der Waals surface area contributed by atoms with Crippen LogP contribution in [0.5, 0.6) is 0 Å². The molecule has 0 aliphatic carbocycles. The third-order valence-corrected chi connectivity index (χ3v) is 0.964. The lowest BCUT2D eigenvalue weighted by Gasteiger charge is -1.93. The summed E-state index contributed by atoms with van der Waals surface area (Å²) in [6.45, 7) is 3.42. The van der Waals surface area contributed by atoms with Crippen LogP contribution in [0.3, 0.4) is 0 Å². The highest BCUT2D eigenvalue weighted by atomic mass is 19.4. The first-order valence-electron chi connectivity index (χ1n) is 3.45. The fraction of sp³-hybridized carbons (Fsp3) is 0.571. The number of allylic oxidation sites excluding steroid dienone is 1. The second kappa shape index (κ2) is 6.36. The van der Waals surface area contributed by atoms with E-state index in [1.54, 1.807) is 13.8 Å². The van der Waals surface area contributed by atoms with Gasteiger partial charge in [-0.15, -0.1) is 0 Å². The van der Waals surface area contributed by atoms with Gasteiger partial charge in [0, 0.05) is 6.54 Å². The number of nitrogens with two attached hydrogens (primary N) is 1. The Morgan fingerprint density at radius 1 is 1.36 bits per heavy atom. The zero-order chi connectivity index (χ0) is 11.9. The predicted molar refractivity (Wildman–Crippen MR) is 42.2 cm³/mol. The van der Waals surface area contributed by atoms with Gasteiger partial charge in [0.1, 0.15) is 5.83 Å². The second-order valence-electron chi connectivity index (χ2n) is 2.41. The van der Waals surface area contributed by atoms with Crippen molar-refractivity contribution in [3.8, 4) is 0 Å². The molecule has 0 atom stereocenters. The summed E-state index contributed by atoms with van der Waals surface area (Å²) in [6, 6.07) is 0. The van der Waals surface area contributed by atoms with Crippen LogP contribution in [-0.2, 0) is 4.79 Å². The van der Waals surface area contributed by atoms with Gasteiger partial charge in [0.25, 0.3) is 0 Å². The molecule has 3 nitrogen and oxygen atoms in total. The normalized spacial score (nSPS) is 9.93. The van der Waals surface area contributed by atoms with Gasteiger partial charge in [-0.05, 0) is 19.4 Å². The molecule has 0 amide bonds. The minimum Gasteiger partial charge on any atom is -0.475 e. The summed E-state index contributed by atoms with van der Waals surface area (Å²) in [7, 11) is 0. The molecule has 14 heavy (non-hydrogen) atoms.